The molecule has 0 amide bonds. The number of nitrogens with one attached hydrogen (secondary N) is 1. The van der Waals surface area contributed by atoms with Gasteiger partial charge < -0.3 is 10.2 Å². The van der Waals surface area contributed by atoms with Gasteiger partial charge in [0.1, 0.15) is 0 Å². The van der Waals surface area contributed by atoms with Crippen LogP contribution in [-0.4, -0.2) is 25.0 Å². The van der Waals surface area contributed by atoms with E-state index in [2.05, 4.69) is 79.6 Å². The Morgan fingerprint density at radius 3 is 2.50 bits per heavy atom. The zero-order valence-corrected chi connectivity index (χ0v) is 12.7. The molecule has 0 heterocycles. The quantitative estimate of drug-likeness (QED) is 0.856. The fourth-order valence-corrected chi connectivity index (χ4v) is 2.28. The Morgan fingerprint density at radius 2 is 1.75 bits per heavy atom. The summed E-state index contributed by atoms with van der Waals surface area (Å²) < 4.78 is 0. The predicted octanol–water partition coefficient (Wildman–Crippen LogP) is 3.85. The van der Waals surface area contributed by atoms with E-state index in [1.54, 1.807) is 0 Å². The van der Waals surface area contributed by atoms with Crippen LogP contribution in [0.4, 0.5) is 5.69 Å². The van der Waals surface area contributed by atoms with Crippen molar-refractivity contribution >= 4 is 5.69 Å². The van der Waals surface area contributed by atoms with Gasteiger partial charge in [-0.1, -0.05) is 42.5 Å². The van der Waals surface area contributed by atoms with Gasteiger partial charge in [-0.2, -0.15) is 0 Å². The second kappa shape index (κ2) is 7.11. The minimum Gasteiger partial charge on any atom is -0.384 e. The molecule has 1 N–H and O–H groups in total. The van der Waals surface area contributed by atoms with Crippen molar-refractivity contribution in [2.75, 3.05) is 25.5 Å². The van der Waals surface area contributed by atoms with Crippen molar-refractivity contribution in [3.63, 3.8) is 0 Å². The Labute approximate surface area is 122 Å². The molecule has 0 radical (unpaired) electrons. The number of hydrogen-bond donors (Lipinski definition) is 1. The normalized spacial score (nSPS) is 10.8. The average Bonchev–Trinajstić information content (AvgIpc) is 2.44. The molecule has 2 aromatic rings. The van der Waals surface area contributed by atoms with Crippen molar-refractivity contribution in [2.24, 2.45) is 0 Å². The number of hydrogen-bond acceptors (Lipinski definition) is 2. The van der Waals surface area contributed by atoms with Gasteiger partial charge in [0.05, 0.1) is 0 Å². The van der Waals surface area contributed by atoms with Crippen LogP contribution in [0.5, 0.6) is 0 Å². The molecule has 0 bridgehead atoms. The Morgan fingerprint density at radius 1 is 1.00 bits per heavy atom. The number of likely N-dealkylation sites (N-methyl/N-ethyl adjacent to an activating group) is 1. The molecule has 0 aliphatic heterocycles. The maximum absolute atomic E-state index is 3.53. The second-order valence-electron chi connectivity index (χ2n) is 5.47. The number of nitrogens with zero attached hydrogens (tertiary/aromatic N) is 1. The summed E-state index contributed by atoms with van der Waals surface area (Å²) in [6.07, 6.45) is 0. The fraction of sp³-hybridized carbons (Fsp3) is 0.333. The maximum Gasteiger partial charge on any atom is 0.0372 e. The third-order valence-electron chi connectivity index (χ3n) is 3.50. The van der Waals surface area contributed by atoms with Crippen molar-refractivity contribution < 1.29 is 0 Å². The van der Waals surface area contributed by atoms with E-state index in [4.69, 9.17) is 0 Å². The van der Waals surface area contributed by atoms with Crippen molar-refractivity contribution in [1.82, 2.24) is 4.90 Å². The highest BCUT2D eigenvalue weighted by molar-refractivity contribution is 5.52. The zero-order valence-electron chi connectivity index (χ0n) is 12.7. The van der Waals surface area contributed by atoms with Crippen molar-refractivity contribution in [2.45, 2.75) is 20.4 Å². The Balaban J connectivity index is 1.79. The largest absolute Gasteiger partial charge is 0.384 e. The molecule has 0 aromatic heterocycles. The van der Waals surface area contributed by atoms with Gasteiger partial charge in [0.2, 0.25) is 0 Å². The first-order chi connectivity index (χ1) is 9.65. The van der Waals surface area contributed by atoms with Crippen LogP contribution < -0.4 is 5.32 Å². The first-order valence-electron chi connectivity index (χ1n) is 7.19. The van der Waals surface area contributed by atoms with Gasteiger partial charge in [-0.15, -0.1) is 0 Å². The van der Waals surface area contributed by atoms with Crippen molar-refractivity contribution in [3.05, 3.63) is 65.2 Å². The van der Waals surface area contributed by atoms with Gasteiger partial charge in [-0.3, -0.25) is 0 Å². The Hall–Kier alpha value is -1.80. The summed E-state index contributed by atoms with van der Waals surface area (Å²) in [4.78, 5) is 2.34. The molecule has 0 fully saturated rings. The lowest BCUT2D eigenvalue weighted by Gasteiger charge is -2.18. The molecule has 0 saturated heterocycles. The fourth-order valence-electron chi connectivity index (χ4n) is 2.28. The molecule has 0 aliphatic rings. The number of anilines is 1. The van der Waals surface area contributed by atoms with Gasteiger partial charge in [-0.05, 0) is 43.7 Å². The third-order valence-corrected chi connectivity index (χ3v) is 3.50. The molecule has 20 heavy (non-hydrogen) atoms. The molecule has 0 unspecified atom stereocenters. The highest BCUT2D eigenvalue weighted by atomic mass is 15.1. The van der Waals surface area contributed by atoms with E-state index in [-0.39, 0.29) is 0 Å². The third kappa shape index (κ3) is 4.39. The minimum atomic E-state index is 0.966. The topological polar surface area (TPSA) is 15.3 Å². The van der Waals surface area contributed by atoms with E-state index in [1.165, 1.54) is 22.4 Å². The van der Waals surface area contributed by atoms with E-state index in [0.717, 1.165) is 19.6 Å². The van der Waals surface area contributed by atoms with Crippen LogP contribution in [0.2, 0.25) is 0 Å². The summed E-state index contributed by atoms with van der Waals surface area (Å²) in [6.45, 7) is 7.27. The maximum atomic E-state index is 3.53. The van der Waals surface area contributed by atoms with E-state index in [1.807, 2.05) is 0 Å². The zero-order chi connectivity index (χ0) is 14.4. The molecule has 0 spiro atoms. The molecule has 2 aromatic carbocycles. The van der Waals surface area contributed by atoms with Crippen LogP contribution in [0.1, 0.15) is 16.7 Å². The van der Waals surface area contributed by atoms with E-state index in [9.17, 15) is 0 Å². The van der Waals surface area contributed by atoms with Gasteiger partial charge in [-0.25, -0.2) is 0 Å². The molecule has 2 nitrogen and oxygen atoms in total. The van der Waals surface area contributed by atoms with E-state index in [0.29, 0.717) is 0 Å². The Kier molecular flexibility index (Phi) is 5.19. The van der Waals surface area contributed by atoms with Gasteiger partial charge >= 0.3 is 0 Å². The lowest BCUT2D eigenvalue weighted by Crippen LogP contribution is -2.24. The second-order valence-corrected chi connectivity index (χ2v) is 5.47. The van der Waals surface area contributed by atoms with Gasteiger partial charge in [0.25, 0.3) is 0 Å². The summed E-state index contributed by atoms with van der Waals surface area (Å²) in [6, 6.07) is 17.1. The van der Waals surface area contributed by atoms with E-state index >= 15 is 0 Å². The van der Waals surface area contributed by atoms with Crippen LogP contribution >= 0.6 is 0 Å². The monoisotopic (exact) mass is 268 g/mol. The lowest BCUT2D eigenvalue weighted by molar-refractivity contribution is 0.340. The van der Waals surface area contributed by atoms with Crippen LogP contribution in [-0.2, 0) is 6.54 Å². The number of benzene rings is 2. The first kappa shape index (κ1) is 14.6. The highest BCUT2D eigenvalue weighted by Gasteiger charge is 2.01. The van der Waals surface area contributed by atoms with Crippen molar-refractivity contribution in [3.8, 4) is 0 Å². The summed E-state index contributed by atoms with van der Waals surface area (Å²) >= 11 is 0. The average molecular weight is 268 g/mol. The molecule has 2 rings (SSSR count). The molecule has 2 heteroatoms. The number of rotatable bonds is 6. The van der Waals surface area contributed by atoms with Gasteiger partial charge in [0, 0.05) is 25.3 Å². The van der Waals surface area contributed by atoms with Crippen LogP contribution in [0.25, 0.3) is 0 Å². The SMILES string of the molecule is Cc1ccc(C)c(NCCN(C)Cc2ccccc2)c1. The summed E-state index contributed by atoms with van der Waals surface area (Å²) in [5.41, 5.74) is 5.22. The summed E-state index contributed by atoms with van der Waals surface area (Å²) in [5, 5.41) is 3.53. The standard InChI is InChI=1S/C18H24N2/c1-15-9-10-16(2)18(13-15)19-11-12-20(3)14-17-7-5-4-6-8-17/h4-10,13,19H,11-12,14H2,1-3H3. The number of aryl methyl sites for hydroxylation is 2. The molecular formula is C18H24N2. The van der Waals surface area contributed by atoms with Gasteiger partial charge in [0.15, 0.2) is 0 Å². The first-order valence-corrected chi connectivity index (χ1v) is 7.19. The molecular weight excluding hydrogens is 244 g/mol. The molecule has 0 aliphatic carbocycles. The molecule has 0 saturated carbocycles. The smallest absolute Gasteiger partial charge is 0.0372 e. The van der Waals surface area contributed by atoms with E-state index < -0.39 is 0 Å². The van der Waals surface area contributed by atoms with Crippen LogP contribution in [0.3, 0.4) is 0 Å². The summed E-state index contributed by atoms with van der Waals surface area (Å²) in [7, 11) is 2.16. The highest BCUT2D eigenvalue weighted by Crippen LogP contribution is 2.15. The predicted molar refractivity (Wildman–Crippen MR) is 87.2 cm³/mol. The molecule has 0 atom stereocenters. The van der Waals surface area contributed by atoms with Crippen molar-refractivity contribution in [1.29, 1.82) is 0 Å². The van der Waals surface area contributed by atoms with Crippen LogP contribution in [0.15, 0.2) is 48.5 Å². The lowest BCUT2D eigenvalue weighted by atomic mass is 10.1. The Bertz CT molecular complexity index is 534. The molecule has 106 valence electrons. The summed E-state index contributed by atoms with van der Waals surface area (Å²) in [5.74, 6) is 0. The van der Waals surface area contributed by atoms with Crippen LogP contribution in [0, 0.1) is 13.8 Å². The minimum absolute atomic E-state index is 0.966.